The summed E-state index contributed by atoms with van der Waals surface area (Å²) < 4.78 is 10.5. The van der Waals surface area contributed by atoms with E-state index in [2.05, 4.69) is 17.4 Å². The van der Waals surface area contributed by atoms with Crippen LogP contribution in [0.1, 0.15) is 11.6 Å². The summed E-state index contributed by atoms with van der Waals surface area (Å²) in [6, 6.07) is 15.9. The van der Waals surface area contributed by atoms with Crippen molar-refractivity contribution in [2.24, 2.45) is 0 Å². The highest BCUT2D eigenvalue weighted by Gasteiger charge is 2.11. The van der Waals surface area contributed by atoms with E-state index < -0.39 is 0 Å². The highest BCUT2D eigenvalue weighted by atomic mass is 35.5. The number of nitrogens with one attached hydrogen (secondary N) is 1. The molecule has 0 aliphatic carbocycles. The molecule has 20 heavy (non-hydrogen) atoms. The van der Waals surface area contributed by atoms with Gasteiger partial charge in [0.2, 0.25) is 0 Å². The minimum Gasteiger partial charge on any atom is -0.495 e. The highest BCUT2D eigenvalue weighted by Crippen LogP contribution is 2.29. The minimum atomic E-state index is 0.0760. The fourth-order valence-corrected chi connectivity index (χ4v) is 2.22. The van der Waals surface area contributed by atoms with Crippen molar-refractivity contribution in [2.75, 3.05) is 26.1 Å². The van der Waals surface area contributed by atoms with E-state index in [1.807, 2.05) is 36.4 Å². The number of methoxy groups -OCH3 is 2. The third-order valence-corrected chi connectivity index (χ3v) is 3.34. The van der Waals surface area contributed by atoms with E-state index in [1.165, 1.54) is 5.56 Å². The zero-order valence-electron chi connectivity index (χ0n) is 11.6. The molecule has 0 spiro atoms. The van der Waals surface area contributed by atoms with Crippen molar-refractivity contribution in [2.45, 2.75) is 6.04 Å². The van der Waals surface area contributed by atoms with Gasteiger partial charge >= 0.3 is 0 Å². The van der Waals surface area contributed by atoms with Crippen molar-refractivity contribution in [1.29, 1.82) is 0 Å². The zero-order chi connectivity index (χ0) is 14.4. The second-order valence-corrected chi connectivity index (χ2v) is 4.82. The Morgan fingerprint density at radius 1 is 1.10 bits per heavy atom. The van der Waals surface area contributed by atoms with Crippen LogP contribution in [0.15, 0.2) is 48.5 Å². The smallest absolute Gasteiger partial charge is 0.139 e. The standard InChI is InChI=1S/C16H18ClNO2/c1-19-11-15(12-6-4-3-5-7-12)18-13-8-9-14(17)16(10-13)20-2/h3-10,15,18H,11H2,1-2H3. The summed E-state index contributed by atoms with van der Waals surface area (Å²) in [6.07, 6.45) is 0. The van der Waals surface area contributed by atoms with Gasteiger partial charge in [-0.3, -0.25) is 0 Å². The summed E-state index contributed by atoms with van der Waals surface area (Å²) in [5.74, 6) is 0.654. The molecule has 3 nitrogen and oxygen atoms in total. The van der Waals surface area contributed by atoms with Crippen molar-refractivity contribution in [3.05, 3.63) is 59.1 Å². The molecule has 2 rings (SSSR count). The van der Waals surface area contributed by atoms with Gasteiger partial charge in [-0.25, -0.2) is 0 Å². The highest BCUT2D eigenvalue weighted by molar-refractivity contribution is 6.32. The van der Waals surface area contributed by atoms with Crippen LogP contribution in [0, 0.1) is 0 Å². The first-order valence-corrected chi connectivity index (χ1v) is 6.76. The van der Waals surface area contributed by atoms with Crippen molar-refractivity contribution in [1.82, 2.24) is 0 Å². The van der Waals surface area contributed by atoms with Crippen LogP contribution in [0.2, 0.25) is 5.02 Å². The summed E-state index contributed by atoms with van der Waals surface area (Å²) >= 11 is 6.03. The number of ether oxygens (including phenoxy) is 2. The first-order valence-electron chi connectivity index (χ1n) is 6.38. The van der Waals surface area contributed by atoms with E-state index in [0.717, 1.165) is 5.69 Å². The lowest BCUT2D eigenvalue weighted by molar-refractivity contribution is 0.186. The summed E-state index contributed by atoms with van der Waals surface area (Å²) in [6.45, 7) is 0.578. The Kier molecular flexibility index (Phi) is 5.27. The second kappa shape index (κ2) is 7.17. The van der Waals surface area contributed by atoms with Gasteiger partial charge in [0.1, 0.15) is 5.75 Å². The molecule has 106 valence electrons. The maximum absolute atomic E-state index is 6.03. The monoisotopic (exact) mass is 291 g/mol. The number of hydrogen-bond acceptors (Lipinski definition) is 3. The Morgan fingerprint density at radius 3 is 2.50 bits per heavy atom. The van der Waals surface area contributed by atoms with Crippen LogP contribution in [0.3, 0.4) is 0 Å². The van der Waals surface area contributed by atoms with E-state index in [-0.39, 0.29) is 6.04 Å². The Morgan fingerprint density at radius 2 is 1.85 bits per heavy atom. The molecule has 0 aliphatic rings. The van der Waals surface area contributed by atoms with Crippen molar-refractivity contribution < 1.29 is 9.47 Å². The van der Waals surface area contributed by atoms with Gasteiger partial charge < -0.3 is 14.8 Å². The van der Waals surface area contributed by atoms with Gasteiger partial charge in [0.15, 0.2) is 0 Å². The van der Waals surface area contributed by atoms with Crippen LogP contribution in [-0.2, 0) is 4.74 Å². The Hall–Kier alpha value is -1.71. The molecule has 0 fully saturated rings. The van der Waals surface area contributed by atoms with Gasteiger partial charge in [-0.1, -0.05) is 41.9 Å². The quantitative estimate of drug-likeness (QED) is 0.867. The number of anilines is 1. The molecule has 0 amide bonds. The SMILES string of the molecule is COCC(Nc1ccc(Cl)c(OC)c1)c1ccccc1. The topological polar surface area (TPSA) is 30.5 Å². The molecule has 0 saturated carbocycles. The van der Waals surface area contributed by atoms with Crippen molar-refractivity contribution >= 4 is 17.3 Å². The number of benzene rings is 2. The van der Waals surface area contributed by atoms with Gasteiger partial charge in [-0.15, -0.1) is 0 Å². The maximum atomic E-state index is 6.03. The molecular weight excluding hydrogens is 274 g/mol. The van der Waals surface area contributed by atoms with Crippen molar-refractivity contribution in [3.63, 3.8) is 0 Å². The van der Waals surface area contributed by atoms with Crippen LogP contribution in [0.4, 0.5) is 5.69 Å². The normalized spacial score (nSPS) is 11.9. The average Bonchev–Trinajstić information content (AvgIpc) is 2.49. The summed E-state index contributed by atoms with van der Waals surface area (Å²) in [5.41, 5.74) is 2.11. The Bertz CT molecular complexity index is 545. The lowest BCUT2D eigenvalue weighted by Gasteiger charge is -2.20. The van der Waals surface area contributed by atoms with Crippen molar-refractivity contribution in [3.8, 4) is 5.75 Å². The Labute approximate surface area is 124 Å². The molecule has 0 aliphatic heterocycles. The zero-order valence-corrected chi connectivity index (χ0v) is 12.4. The van der Waals surface area contributed by atoms with Crippen LogP contribution in [-0.4, -0.2) is 20.8 Å². The molecule has 4 heteroatoms. The second-order valence-electron chi connectivity index (χ2n) is 4.41. The van der Waals surface area contributed by atoms with Gasteiger partial charge in [-0.2, -0.15) is 0 Å². The molecule has 2 aromatic carbocycles. The molecule has 1 unspecified atom stereocenters. The largest absolute Gasteiger partial charge is 0.495 e. The van der Waals surface area contributed by atoms with E-state index in [4.69, 9.17) is 21.1 Å². The van der Waals surface area contributed by atoms with Gasteiger partial charge in [0.25, 0.3) is 0 Å². The minimum absolute atomic E-state index is 0.0760. The van der Waals surface area contributed by atoms with E-state index >= 15 is 0 Å². The Balaban J connectivity index is 2.20. The van der Waals surface area contributed by atoms with Crippen LogP contribution >= 0.6 is 11.6 Å². The fourth-order valence-electron chi connectivity index (χ4n) is 2.02. The molecule has 0 heterocycles. The summed E-state index contributed by atoms with van der Waals surface area (Å²) in [5, 5.41) is 4.03. The van der Waals surface area contributed by atoms with Gasteiger partial charge in [-0.05, 0) is 17.7 Å². The van der Waals surface area contributed by atoms with E-state index in [9.17, 15) is 0 Å². The molecule has 1 atom stereocenters. The van der Waals surface area contributed by atoms with Crippen LogP contribution in [0.5, 0.6) is 5.75 Å². The molecular formula is C16H18ClNO2. The third-order valence-electron chi connectivity index (χ3n) is 3.03. The first-order chi connectivity index (χ1) is 9.74. The van der Waals surface area contributed by atoms with Gasteiger partial charge in [0.05, 0.1) is 24.8 Å². The number of hydrogen-bond donors (Lipinski definition) is 1. The lowest BCUT2D eigenvalue weighted by Crippen LogP contribution is -2.16. The number of rotatable bonds is 6. The maximum Gasteiger partial charge on any atom is 0.139 e. The molecule has 0 aromatic heterocycles. The van der Waals surface area contributed by atoms with Crippen LogP contribution in [0.25, 0.3) is 0 Å². The summed E-state index contributed by atoms with van der Waals surface area (Å²) in [7, 11) is 3.30. The van der Waals surface area contributed by atoms with E-state index in [0.29, 0.717) is 17.4 Å². The molecule has 0 bridgehead atoms. The predicted molar refractivity (Wildman–Crippen MR) is 82.7 cm³/mol. The first kappa shape index (κ1) is 14.7. The van der Waals surface area contributed by atoms with E-state index in [1.54, 1.807) is 14.2 Å². The predicted octanol–water partition coefficient (Wildman–Crippen LogP) is 4.15. The molecule has 0 radical (unpaired) electrons. The fraction of sp³-hybridized carbons (Fsp3) is 0.250. The lowest BCUT2D eigenvalue weighted by atomic mass is 10.1. The summed E-state index contributed by atoms with van der Waals surface area (Å²) in [4.78, 5) is 0. The molecule has 2 aromatic rings. The third kappa shape index (κ3) is 3.65. The molecule has 1 N–H and O–H groups in total. The van der Waals surface area contributed by atoms with Crippen LogP contribution < -0.4 is 10.1 Å². The average molecular weight is 292 g/mol. The van der Waals surface area contributed by atoms with Gasteiger partial charge in [0, 0.05) is 18.9 Å². The number of halogens is 1. The molecule has 0 saturated heterocycles.